The number of carbonyl (C=O) groups excluding carboxylic acids is 2. The van der Waals surface area contributed by atoms with E-state index >= 15 is 0 Å². The molecule has 2 aromatic carbocycles. The number of rotatable bonds is 5. The second-order valence-corrected chi connectivity index (χ2v) is 8.19. The highest BCUT2D eigenvalue weighted by molar-refractivity contribution is 5.85. The van der Waals surface area contributed by atoms with E-state index in [2.05, 4.69) is 5.32 Å². The Morgan fingerprint density at radius 1 is 1.00 bits per heavy atom. The molecule has 0 aliphatic carbocycles. The van der Waals surface area contributed by atoms with Crippen LogP contribution in [0, 0.1) is 0 Å². The van der Waals surface area contributed by atoms with Gasteiger partial charge in [-0.15, -0.1) is 0 Å². The molecular formula is C24H30N4O4. The zero-order valence-electron chi connectivity index (χ0n) is 18.1. The molecule has 32 heavy (non-hydrogen) atoms. The standard InChI is InChI=1S/C24H30N4O4/c29-23(22-17-25-13-16-27(22)20-9-5-2-6-10-20)28(31)21-11-14-26(15-12-21)24(30)32-18-19-7-3-1-4-8-19/h1-10,21-22,25,31H,11-18H2. The Hall–Kier alpha value is -3.10. The zero-order valence-corrected chi connectivity index (χ0v) is 18.1. The molecule has 2 aromatic rings. The van der Waals surface area contributed by atoms with Crippen molar-refractivity contribution in [2.24, 2.45) is 0 Å². The summed E-state index contributed by atoms with van der Waals surface area (Å²) in [4.78, 5) is 29.2. The minimum atomic E-state index is -0.468. The van der Waals surface area contributed by atoms with Gasteiger partial charge < -0.3 is 19.9 Å². The van der Waals surface area contributed by atoms with Crippen LogP contribution in [0.2, 0.25) is 0 Å². The predicted octanol–water partition coefficient (Wildman–Crippen LogP) is 2.48. The average Bonchev–Trinajstić information content (AvgIpc) is 2.87. The van der Waals surface area contributed by atoms with Gasteiger partial charge in [0.1, 0.15) is 12.6 Å². The molecule has 0 radical (unpaired) electrons. The lowest BCUT2D eigenvalue weighted by Crippen LogP contribution is -2.60. The number of hydrogen-bond acceptors (Lipinski definition) is 6. The number of ether oxygens (including phenoxy) is 1. The molecule has 1 unspecified atom stereocenters. The second kappa shape index (κ2) is 10.5. The third kappa shape index (κ3) is 5.20. The van der Waals surface area contributed by atoms with Crippen LogP contribution in [0.1, 0.15) is 18.4 Å². The van der Waals surface area contributed by atoms with E-state index in [1.165, 1.54) is 0 Å². The van der Waals surface area contributed by atoms with E-state index in [0.29, 0.717) is 39.0 Å². The van der Waals surface area contributed by atoms with Gasteiger partial charge in [0.05, 0.1) is 6.04 Å². The first-order valence-corrected chi connectivity index (χ1v) is 11.1. The summed E-state index contributed by atoms with van der Waals surface area (Å²) in [6.07, 6.45) is 0.650. The average molecular weight is 439 g/mol. The Morgan fingerprint density at radius 3 is 2.34 bits per heavy atom. The molecule has 170 valence electrons. The molecule has 2 amide bonds. The van der Waals surface area contributed by atoms with Crippen molar-refractivity contribution >= 4 is 17.7 Å². The number of likely N-dealkylation sites (tertiary alicyclic amines) is 1. The number of piperidine rings is 1. The summed E-state index contributed by atoms with van der Waals surface area (Å²) in [7, 11) is 0. The quantitative estimate of drug-likeness (QED) is 0.551. The summed E-state index contributed by atoms with van der Waals surface area (Å²) < 4.78 is 5.40. The van der Waals surface area contributed by atoms with Crippen LogP contribution in [0.25, 0.3) is 0 Å². The van der Waals surface area contributed by atoms with Crippen LogP contribution in [-0.4, -0.2) is 72.0 Å². The first-order valence-electron chi connectivity index (χ1n) is 11.1. The molecule has 0 spiro atoms. The minimum Gasteiger partial charge on any atom is -0.445 e. The molecule has 1 atom stereocenters. The molecule has 2 saturated heterocycles. The first kappa shape index (κ1) is 22.1. The number of piperazine rings is 1. The van der Waals surface area contributed by atoms with E-state index in [1.54, 1.807) is 4.90 Å². The topological polar surface area (TPSA) is 85.4 Å². The maximum atomic E-state index is 13.1. The van der Waals surface area contributed by atoms with Crippen molar-refractivity contribution in [1.82, 2.24) is 15.3 Å². The van der Waals surface area contributed by atoms with E-state index in [1.807, 2.05) is 65.6 Å². The van der Waals surface area contributed by atoms with Gasteiger partial charge >= 0.3 is 6.09 Å². The number of amides is 2. The number of hydroxylamine groups is 2. The lowest BCUT2D eigenvalue weighted by Gasteiger charge is -2.41. The summed E-state index contributed by atoms with van der Waals surface area (Å²) in [6, 6.07) is 18.6. The number of nitrogens with zero attached hydrogens (tertiary/aromatic N) is 3. The van der Waals surface area contributed by atoms with E-state index in [4.69, 9.17) is 4.74 Å². The molecule has 8 nitrogen and oxygen atoms in total. The first-order chi connectivity index (χ1) is 15.6. The molecular weight excluding hydrogens is 408 g/mol. The minimum absolute atomic E-state index is 0.230. The Labute approximate surface area is 188 Å². The number of benzene rings is 2. The van der Waals surface area contributed by atoms with Crippen molar-refractivity contribution in [2.45, 2.75) is 31.5 Å². The van der Waals surface area contributed by atoms with Gasteiger partial charge in [0.25, 0.3) is 5.91 Å². The predicted molar refractivity (Wildman–Crippen MR) is 120 cm³/mol. The molecule has 0 aromatic heterocycles. The summed E-state index contributed by atoms with van der Waals surface area (Å²) in [6.45, 7) is 3.07. The summed E-state index contributed by atoms with van der Waals surface area (Å²) in [5.41, 5.74) is 1.91. The number of anilines is 1. The van der Waals surface area contributed by atoms with Crippen LogP contribution >= 0.6 is 0 Å². The molecule has 0 saturated carbocycles. The van der Waals surface area contributed by atoms with Crippen molar-refractivity contribution in [3.8, 4) is 0 Å². The van der Waals surface area contributed by atoms with Gasteiger partial charge in [-0.05, 0) is 30.5 Å². The Kier molecular flexibility index (Phi) is 7.24. The van der Waals surface area contributed by atoms with E-state index < -0.39 is 6.04 Å². The second-order valence-electron chi connectivity index (χ2n) is 8.19. The summed E-state index contributed by atoms with van der Waals surface area (Å²) >= 11 is 0. The monoisotopic (exact) mass is 438 g/mol. The van der Waals surface area contributed by atoms with E-state index in [9.17, 15) is 14.8 Å². The van der Waals surface area contributed by atoms with Crippen LogP contribution in [0.5, 0.6) is 0 Å². The van der Waals surface area contributed by atoms with Gasteiger partial charge in [-0.2, -0.15) is 0 Å². The van der Waals surface area contributed by atoms with Gasteiger partial charge in [-0.3, -0.25) is 10.0 Å². The van der Waals surface area contributed by atoms with Crippen molar-refractivity contribution in [3.63, 3.8) is 0 Å². The molecule has 8 heteroatoms. The normalized spacial score (nSPS) is 19.5. The summed E-state index contributed by atoms with van der Waals surface area (Å²) in [5.74, 6) is -0.314. The van der Waals surface area contributed by atoms with Crippen LogP contribution < -0.4 is 10.2 Å². The number of nitrogens with one attached hydrogen (secondary N) is 1. The van der Waals surface area contributed by atoms with Gasteiger partial charge in [0.2, 0.25) is 0 Å². The fourth-order valence-corrected chi connectivity index (χ4v) is 4.29. The molecule has 2 aliphatic rings. The van der Waals surface area contributed by atoms with Crippen molar-refractivity contribution < 1.29 is 19.5 Å². The molecule has 2 fully saturated rings. The van der Waals surface area contributed by atoms with Gasteiger partial charge in [0, 0.05) is 38.4 Å². The zero-order chi connectivity index (χ0) is 22.3. The maximum Gasteiger partial charge on any atom is 0.410 e. The van der Waals surface area contributed by atoms with E-state index in [-0.39, 0.29) is 24.6 Å². The molecule has 2 heterocycles. The third-order valence-electron chi connectivity index (χ3n) is 6.12. The largest absolute Gasteiger partial charge is 0.445 e. The van der Waals surface area contributed by atoms with Crippen molar-refractivity contribution in [2.75, 3.05) is 37.6 Å². The number of hydrogen-bond donors (Lipinski definition) is 2. The van der Waals surface area contributed by atoms with Crippen LogP contribution in [0.15, 0.2) is 60.7 Å². The molecule has 2 aliphatic heterocycles. The molecule has 4 rings (SSSR count). The number of carbonyl (C=O) groups is 2. The maximum absolute atomic E-state index is 13.1. The summed E-state index contributed by atoms with van der Waals surface area (Å²) in [5, 5.41) is 14.9. The van der Waals surface area contributed by atoms with Crippen molar-refractivity contribution in [3.05, 3.63) is 66.2 Å². The Balaban J connectivity index is 1.30. The van der Waals surface area contributed by atoms with E-state index in [0.717, 1.165) is 22.9 Å². The smallest absolute Gasteiger partial charge is 0.410 e. The number of para-hydroxylation sites is 1. The van der Waals surface area contributed by atoms with Crippen LogP contribution in [0.4, 0.5) is 10.5 Å². The fourth-order valence-electron chi connectivity index (χ4n) is 4.29. The van der Waals surface area contributed by atoms with Gasteiger partial charge in [0.15, 0.2) is 0 Å². The van der Waals surface area contributed by atoms with Crippen molar-refractivity contribution in [1.29, 1.82) is 0 Å². The molecule has 2 N–H and O–H groups in total. The fraction of sp³-hybridized carbons (Fsp3) is 0.417. The Morgan fingerprint density at radius 2 is 1.66 bits per heavy atom. The highest BCUT2D eigenvalue weighted by Crippen LogP contribution is 2.22. The highest BCUT2D eigenvalue weighted by Gasteiger charge is 2.36. The van der Waals surface area contributed by atoms with Gasteiger partial charge in [-0.25, -0.2) is 9.86 Å². The van der Waals surface area contributed by atoms with Gasteiger partial charge in [-0.1, -0.05) is 48.5 Å². The Bertz CT molecular complexity index is 887. The third-order valence-corrected chi connectivity index (χ3v) is 6.12. The molecule has 0 bridgehead atoms. The SMILES string of the molecule is O=C(OCc1ccccc1)N1CCC(N(O)C(=O)C2CNCCN2c2ccccc2)CC1. The lowest BCUT2D eigenvalue weighted by atomic mass is 10.0. The highest BCUT2D eigenvalue weighted by atomic mass is 16.6. The lowest BCUT2D eigenvalue weighted by molar-refractivity contribution is -0.181. The van der Waals surface area contributed by atoms with Crippen LogP contribution in [0.3, 0.4) is 0 Å². The van der Waals surface area contributed by atoms with Crippen LogP contribution in [-0.2, 0) is 16.1 Å².